The van der Waals surface area contributed by atoms with Crippen LogP contribution in [0.4, 0.5) is 0 Å². The van der Waals surface area contributed by atoms with Crippen LogP contribution in [0, 0.1) is 70.0 Å². The van der Waals surface area contributed by atoms with Gasteiger partial charge in [0.25, 0.3) is 0 Å². The molecule has 0 radical (unpaired) electrons. The highest BCUT2D eigenvalue weighted by atomic mass is 14.5. The minimum Gasteiger partial charge on any atom is -0.0707 e. The predicted molar refractivity (Wildman–Crippen MR) is 156 cm³/mol. The van der Waals surface area contributed by atoms with Crippen molar-refractivity contribution < 1.29 is 0 Å². The molecule has 0 bridgehead atoms. The normalized spacial score (nSPS) is 39.4. The first-order valence-corrected chi connectivity index (χ1v) is 14.7. The molecule has 34 heavy (non-hydrogen) atoms. The van der Waals surface area contributed by atoms with Crippen LogP contribution in [0.15, 0.2) is 22.3 Å². The highest BCUT2D eigenvalue weighted by Crippen LogP contribution is 2.57. The number of allylic oxidation sites excluding steroid dienone is 4. The summed E-state index contributed by atoms with van der Waals surface area (Å²) < 4.78 is 0. The number of hydrogen-bond acceptors (Lipinski definition) is 0. The summed E-state index contributed by atoms with van der Waals surface area (Å²) in [4.78, 5) is 0. The molecule has 2 aliphatic rings. The van der Waals surface area contributed by atoms with E-state index in [4.69, 9.17) is 0 Å². The lowest BCUT2D eigenvalue weighted by Gasteiger charge is -2.53. The van der Waals surface area contributed by atoms with E-state index < -0.39 is 0 Å². The Labute approximate surface area is 216 Å². The standard InChI is InChI=1S/2C17H32/c1-10(2)16-13(6)12(5)14(7)17(9,11(3)4)15(16)8;1-10(2)16-14(7)12(5)13(6)15(8)17(16,9)11(3)4/h10-11,13,15-16H,1-9H3;10-12,14,16H,1-9H3. The third-order valence-corrected chi connectivity index (χ3v) is 12.2. The number of hydrogen-bond donors (Lipinski definition) is 0. The Morgan fingerprint density at radius 2 is 0.941 bits per heavy atom. The van der Waals surface area contributed by atoms with E-state index in [9.17, 15) is 0 Å². The largest absolute Gasteiger partial charge is 0.0707 e. The summed E-state index contributed by atoms with van der Waals surface area (Å²) in [5.74, 6) is 7.69. The first kappa shape index (κ1) is 31.5. The Bertz CT molecular complexity index is 744. The van der Waals surface area contributed by atoms with Gasteiger partial charge in [-0.2, -0.15) is 0 Å². The summed E-state index contributed by atoms with van der Waals surface area (Å²) in [5, 5.41) is 0. The fourth-order valence-electron chi connectivity index (χ4n) is 8.73. The van der Waals surface area contributed by atoms with Crippen molar-refractivity contribution in [2.24, 2.45) is 70.0 Å². The van der Waals surface area contributed by atoms with Gasteiger partial charge in [-0.25, -0.2) is 0 Å². The van der Waals surface area contributed by atoms with E-state index in [-0.39, 0.29) is 0 Å². The molecule has 200 valence electrons. The van der Waals surface area contributed by atoms with Crippen LogP contribution in [0.1, 0.15) is 125 Å². The molecule has 0 heteroatoms. The zero-order chi connectivity index (χ0) is 27.1. The maximum atomic E-state index is 2.50. The van der Waals surface area contributed by atoms with Crippen LogP contribution in [-0.2, 0) is 0 Å². The van der Waals surface area contributed by atoms with Crippen LogP contribution in [0.5, 0.6) is 0 Å². The quantitative estimate of drug-likeness (QED) is 0.357. The fraction of sp³-hybridized carbons (Fsp3) is 0.882. The molecule has 8 unspecified atom stereocenters. The van der Waals surface area contributed by atoms with Gasteiger partial charge in [-0.15, -0.1) is 0 Å². The molecule has 0 saturated heterocycles. The highest BCUT2D eigenvalue weighted by molar-refractivity contribution is 5.28. The van der Waals surface area contributed by atoms with Crippen LogP contribution in [0.2, 0.25) is 0 Å². The van der Waals surface area contributed by atoms with Crippen LogP contribution in [-0.4, -0.2) is 0 Å². The smallest absolute Gasteiger partial charge is 0.00601 e. The molecule has 0 N–H and O–H groups in total. The van der Waals surface area contributed by atoms with Crippen molar-refractivity contribution in [3.63, 3.8) is 0 Å². The molecule has 0 heterocycles. The molecular weight excluding hydrogens is 408 g/mol. The Hall–Kier alpha value is -0.520. The molecule has 0 nitrogen and oxygen atoms in total. The van der Waals surface area contributed by atoms with E-state index in [1.54, 1.807) is 22.3 Å². The Morgan fingerprint density at radius 3 is 1.29 bits per heavy atom. The van der Waals surface area contributed by atoms with Gasteiger partial charge in [-0.05, 0) is 97.7 Å². The van der Waals surface area contributed by atoms with Crippen molar-refractivity contribution in [1.29, 1.82) is 0 Å². The first-order chi connectivity index (χ1) is 15.3. The minimum atomic E-state index is 0.379. The maximum Gasteiger partial charge on any atom is -0.00601 e. The zero-order valence-electron chi connectivity index (χ0n) is 26.8. The minimum absolute atomic E-state index is 0.379. The summed E-state index contributed by atoms with van der Waals surface area (Å²) >= 11 is 0. The molecule has 0 aliphatic heterocycles. The van der Waals surface area contributed by atoms with E-state index >= 15 is 0 Å². The van der Waals surface area contributed by atoms with Gasteiger partial charge in [0.15, 0.2) is 0 Å². The highest BCUT2D eigenvalue weighted by Gasteiger charge is 2.49. The van der Waals surface area contributed by atoms with Gasteiger partial charge >= 0.3 is 0 Å². The topological polar surface area (TPSA) is 0 Å². The zero-order valence-corrected chi connectivity index (χ0v) is 26.8. The van der Waals surface area contributed by atoms with Gasteiger partial charge in [-0.3, -0.25) is 0 Å². The second-order valence-corrected chi connectivity index (χ2v) is 14.3. The molecule has 2 rings (SSSR count). The average molecular weight is 473 g/mol. The Morgan fingerprint density at radius 1 is 0.559 bits per heavy atom. The van der Waals surface area contributed by atoms with E-state index in [1.807, 2.05) is 0 Å². The molecule has 8 atom stereocenters. The van der Waals surface area contributed by atoms with E-state index in [1.165, 1.54) is 0 Å². The van der Waals surface area contributed by atoms with Gasteiger partial charge in [0.1, 0.15) is 0 Å². The SMILES string of the molecule is CC1=C(C)C(C)(C(C)C)C(C(C)C)C(C)C1C.CC1=C(C)C(C)(C(C)C)C(C)C(C(C)C)C1C. The van der Waals surface area contributed by atoms with Gasteiger partial charge in [0, 0.05) is 0 Å². The molecule has 0 fully saturated rings. The first-order valence-electron chi connectivity index (χ1n) is 14.7. The average Bonchev–Trinajstić information content (AvgIpc) is 2.73. The van der Waals surface area contributed by atoms with Gasteiger partial charge in [0.05, 0.1) is 0 Å². The summed E-state index contributed by atoms with van der Waals surface area (Å²) in [6, 6.07) is 0. The Kier molecular flexibility index (Phi) is 10.4. The third-order valence-electron chi connectivity index (χ3n) is 12.2. The van der Waals surface area contributed by atoms with Crippen molar-refractivity contribution in [1.82, 2.24) is 0 Å². The summed E-state index contributed by atoms with van der Waals surface area (Å²) in [6.07, 6.45) is 0. The second kappa shape index (κ2) is 11.3. The molecule has 0 aromatic heterocycles. The second-order valence-electron chi connectivity index (χ2n) is 14.3. The van der Waals surface area contributed by atoms with E-state index in [0.717, 1.165) is 59.2 Å². The molecule has 0 spiro atoms. The summed E-state index contributed by atoms with van der Waals surface area (Å²) in [6.45, 7) is 43.4. The lowest BCUT2D eigenvalue weighted by atomic mass is 9.51. The van der Waals surface area contributed by atoms with Crippen LogP contribution in [0.25, 0.3) is 0 Å². The van der Waals surface area contributed by atoms with Crippen LogP contribution >= 0.6 is 0 Å². The molecule has 0 saturated carbocycles. The van der Waals surface area contributed by atoms with Crippen molar-refractivity contribution in [3.8, 4) is 0 Å². The Balaban J connectivity index is 0.000000340. The monoisotopic (exact) mass is 473 g/mol. The van der Waals surface area contributed by atoms with Crippen molar-refractivity contribution in [2.75, 3.05) is 0 Å². The lowest BCUT2D eigenvalue weighted by molar-refractivity contribution is 0.0345. The lowest BCUT2D eigenvalue weighted by Crippen LogP contribution is -2.46. The molecule has 0 aromatic carbocycles. The van der Waals surface area contributed by atoms with Crippen molar-refractivity contribution >= 4 is 0 Å². The molecule has 2 aliphatic carbocycles. The van der Waals surface area contributed by atoms with E-state index in [0.29, 0.717) is 10.8 Å². The van der Waals surface area contributed by atoms with Crippen molar-refractivity contribution in [3.05, 3.63) is 22.3 Å². The predicted octanol–water partition coefficient (Wildman–Crippen LogP) is 11.1. The summed E-state index contributed by atoms with van der Waals surface area (Å²) in [7, 11) is 0. The fourth-order valence-corrected chi connectivity index (χ4v) is 8.73. The molecule has 0 amide bonds. The molecule has 0 aromatic rings. The third kappa shape index (κ3) is 5.13. The maximum absolute atomic E-state index is 2.50. The summed E-state index contributed by atoms with van der Waals surface area (Å²) in [5.41, 5.74) is 7.38. The van der Waals surface area contributed by atoms with Gasteiger partial charge < -0.3 is 0 Å². The van der Waals surface area contributed by atoms with Crippen LogP contribution in [0.3, 0.4) is 0 Å². The molecular formula is C34H64. The van der Waals surface area contributed by atoms with Gasteiger partial charge in [-0.1, -0.05) is 119 Å². The van der Waals surface area contributed by atoms with Crippen LogP contribution < -0.4 is 0 Å². The van der Waals surface area contributed by atoms with Crippen molar-refractivity contribution in [2.45, 2.75) is 125 Å². The number of rotatable bonds is 4. The van der Waals surface area contributed by atoms with Gasteiger partial charge in [0.2, 0.25) is 0 Å². The van der Waals surface area contributed by atoms with E-state index in [2.05, 4.69) is 125 Å².